The van der Waals surface area contributed by atoms with Crippen LogP contribution in [0.4, 0.5) is 17.1 Å². The van der Waals surface area contributed by atoms with E-state index in [1.54, 1.807) is 0 Å². The molecule has 2 aromatic heterocycles. The molecule has 216 valence electrons. The lowest BCUT2D eigenvalue weighted by atomic mass is 10.1. The fraction of sp³-hybridized carbons (Fsp3) is 0. The van der Waals surface area contributed by atoms with Crippen molar-refractivity contribution < 1.29 is 0 Å². The number of fused-ring (bicyclic) bond motifs is 7. The van der Waals surface area contributed by atoms with Crippen LogP contribution >= 0.6 is 0 Å². The molecule has 1 aliphatic heterocycles. The van der Waals surface area contributed by atoms with Gasteiger partial charge in [0.2, 0.25) is 0 Å². The van der Waals surface area contributed by atoms with Gasteiger partial charge in [-0.05, 0) is 48.5 Å². The minimum absolute atomic E-state index is 0.690. The van der Waals surface area contributed by atoms with Gasteiger partial charge in [0.05, 0.1) is 39.7 Å². The molecule has 0 radical (unpaired) electrons. The number of nitrogens with zero attached hydrogens (tertiary/aromatic N) is 4. The molecule has 0 unspecified atom stereocenters. The van der Waals surface area contributed by atoms with E-state index < -0.39 is 0 Å². The fourth-order valence-corrected chi connectivity index (χ4v) is 6.62. The molecule has 8 aromatic rings. The second kappa shape index (κ2) is 10.7. The van der Waals surface area contributed by atoms with Crippen molar-refractivity contribution in [3.8, 4) is 50.8 Å². The summed E-state index contributed by atoms with van der Waals surface area (Å²) in [6.45, 7) is 0. The maximum absolute atomic E-state index is 5.12. The van der Waals surface area contributed by atoms with E-state index in [2.05, 4.69) is 143 Å². The number of rotatable bonds is 4. The Morgan fingerprint density at radius 1 is 0.413 bits per heavy atom. The van der Waals surface area contributed by atoms with E-state index in [1.807, 2.05) is 36.4 Å². The van der Waals surface area contributed by atoms with Crippen LogP contribution in [-0.2, 0) is 0 Å². The van der Waals surface area contributed by atoms with Gasteiger partial charge in [0.15, 0.2) is 5.82 Å². The maximum Gasteiger partial charge on any atom is 0.160 e. The fourth-order valence-electron chi connectivity index (χ4n) is 6.62. The predicted molar refractivity (Wildman–Crippen MR) is 189 cm³/mol. The van der Waals surface area contributed by atoms with Gasteiger partial charge in [0.1, 0.15) is 0 Å². The summed E-state index contributed by atoms with van der Waals surface area (Å²) in [5, 5.41) is 1.22. The number of para-hydroxylation sites is 4. The molecule has 0 saturated heterocycles. The summed E-state index contributed by atoms with van der Waals surface area (Å²) in [6, 6.07) is 59.6. The van der Waals surface area contributed by atoms with E-state index in [1.165, 1.54) is 22.2 Å². The number of anilines is 3. The van der Waals surface area contributed by atoms with Gasteiger partial charge in [-0.1, -0.05) is 121 Å². The van der Waals surface area contributed by atoms with Crippen molar-refractivity contribution in [2.45, 2.75) is 0 Å². The van der Waals surface area contributed by atoms with Gasteiger partial charge in [-0.15, -0.1) is 0 Å². The van der Waals surface area contributed by atoms with Crippen molar-refractivity contribution >= 4 is 28.0 Å². The van der Waals surface area contributed by atoms with Crippen molar-refractivity contribution in [2.75, 3.05) is 4.90 Å². The second-order valence-corrected chi connectivity index (χ2v) is 11.5. The molecule has 46 heavy (non-hydrogen) atoms. The SMILES string of the molecule is c1ccc(-c2cc(-c3ccccc3)nc(-c3cccc(N4c5ccccc5-c5cc6ccccc6n5-c5ccccc54)c3)n2)cc1. The van der Waals surface area contributed by atoms with Gasteiger partial charge in [-0.2, -0.15) is 0 Å². The average molecular weight is 589 g/mol. The molecule has 6 aromatic carbocycles. The average Bonchev–Trinajstić information content (AvgIpc) is 3.47. The topological polar surface area (TPSA) is 34.0 Å². The van der Waals surface area contributed by atoms with Crippen LogP contribution in [-0.4, -0.2) is 14.5 Å². The quantitative estimate of drug-likeness (QED) is 0.205. The Kier molecular flexibility index (Phi) is 6.10. The molecule has 3 heterocycles. The zero-order chi connectivity index (χ0) is 30.5. The molecule has 0 spiro atoms. The Morgan fingerprint density at radius 3 is 1.74 bits per heavy atom. The highest BCUT2D eigenvalue weighted by Gasteiger charge is 2.27. The molecule has 0 fully saturated rings. The van der Waals surface area contributed by atoms with E-state index in [0.29, 0.717) is 5.82 Å². The summed E-state index contributed by atoms with van der Waals surface area (Å²) < 4.78 is 2.39. The first-order chi connectivity index (χ1) is 22.8. The normalized spacial score (nSPS) is 11.9. The lowest BCUT2D eigenvalue weighted by molar-refractivity contribution is 1.14. The molecular weight excluding hydrogens is 560 g/mol. The maximum atomic E-state index is 5.12. The Hall–Kier alpha value is -6.26. The van der Waals surface area contributed by atoms with Crippen molar-refractivity contribution in [3.05, 3.63) is 170 Å². The van der Waals surface area contributed by atoms with Gasteiger partial charge >= 0.3 is 0 Å². The lowest BCUT2D eigenvalue weighted by Gasteiger charge is -2.27. The lowest BCUT2D eigenvalue weighted by Crippen LogP contribution is -2.11. The molecule has 4 nitrogen and oxygen atoms in total. The van der Waals surface area contributed by atoms with Crippen molar-refractivity contribution in [3.63, 3.8) is 0 Å². The third-order valence-corrected chi connectivity index (χ3v) is 8.72. The van der Waals surface area contributed by atoms with Crippen molar-refractivity contribution in [1.29, 1.82) is 0 Å². The highest BCUT2D eigenvalue weighted by Crippen LogP contribution is 2.49. The van der Waals surface area contributed by atoms with E-state index in [9.17, 15) is 0 Å². The van der Waals surface area contributed by atoms with Gasteiger partial charge in [-0.3, -0.25) is 0 Å². The number of benzene rings is 6. The molecule has 0 bridgehead atoms. The molecule has 0 atom stereocenters. The van der Waals surface area contributed by atoms with Crippen LogP contribution in [0.15, 0.2) is 170 Å². The molecular formula is C42H28N4. The van der Waals surface area contributed by atoms with Crippen molar-refractivity contribution in [1.82, 2.24) is 14.5 Å². The molecule has 4 heteroatoms. The first-order valence-corrected chi connectivity index (χ1v) is 15.5. The zero-order valence-electron chi connectivity index (χ0n) is 25.0. The predicted octanol–water partition coefficient (Wildman–Crippen LogP) is 10.9. The van der Waals surface area contributed by atoms with E-state index >= 15 is 0 Å². The van der Waals surface area contributed by atoms with E-state index in [-0.39, 0.29) is 0 Å². The summed E-state index contributed by atoms with van der Waals surface area (Å²) in [7, 11) is 0. The minimum atomic E-state index is 0.690. The summed E-state index contributed by atoms with van der Waals surface area (Å²) >= 11 is 0. The third-order valence-electron chi connectivity index (χ3n) is 8.72. The second-order valence-electron chi connectivity index (χ2n) is 11.5. The molecule has 0 N–H and O–H groups in total. The molecule has 0 amide bonds. The van der Waals surface area contributed by atoms with E-state index in [4.69, 9.17) is 9.97 Å². The van der Waals surface area contributed by atoms with Crippen LogP contribution < -0.4 is 4.90 Å². The first kappa shape index (κ1) is 26.2. The van der Waals surface area contributed by atoms with Crippen LogP contribution in [0.3, 0.4) is 0 Å². The Morgan fingerprint density at radius 2 is 1.00 bits per heavy atom. The highest BCUT2D eigenvalue weighted by atomic mass is 15.2. The number of aromatic nitrogens is 3. The van der Waals surface area contributed by atoms with Gasteiger partial charge < -0.3 is 9.47 Å². The van der Waals surface area contributed by atoms with Crippen LogP contribution in [0.1, 0.15) is 0 Å². The number of hydrogen-bond donors (Lipinski definition) is 0. The summed E-state index contributed by atoms with van der Waals surface area (Å²) in [5.41, 5.74) is 12.8. The first-order valence-electron chi connectivity index (χ1n) is 15.5. The molecule has 9 rings (SSSR count). The van der Waals surface area contributed by atoms with Crippen LogP contribution in [0, 0.1) is 0 Å². The largest absolute Gasteiger partial charge is 0.308 e. The molecule has 1 aliphatic rings. The van der Waals surface area contributed by atoms with E-state index in [0.717, 1.165) is 50.8 Å². The monoisotopic (exact) mass is 588 g/mol. The van der Waals surface area contributed by atoms with Gasteiger partial charge in [0, 0.05) is 33.3 Å². The van der Waals surface area contributed by atoms with Crippen molar-refractivity contribution in [2.24, 2.45) is 0 Å². The van der Waals surface area contributed by atoms with Crippen LogP contribution in [0.25, 0.3) is 61.8 Å². The summed E-state index contributed by atoms with van der Waals surface area (Å²) in [6.07, 6.45) is 0. The Balaban J connectivity index is 1.25. The smallest absolute Gasteiger partial charge is 0.160 e. The zero-order valence-corrected chi connectivity index (χ0v) is 25.0. The Bertz CT molecular complexity index is 2320. The highest BCUT2D eigenvalue weighted by molar-refractivity contribution is 5.99. The van der Waals surface area contributed by atoms with Crippen LogP contribution in [0.5, 0.6) is 0 Å². The molecule has 0 saturated carbocycles. The molecule has 0 aliphatic carbocycles. The van der Waals surface area contributed by atoms with Gasteiger partial charge in [-0.25, -0.2) is 9.97 Å². The van der Waals surface area contributed by atoms with Gasteiger partial charge in [0.25, 0.3) is 0 Å². The number of hydrogen-bond acceptors (Lipinski definition) is 3. The Labute approximate surface area is 267 Å². The third kappa shape index (κ3) is 4.31. The summed E-state index contributed by atoms with van der Waals surface area (Å²) in [5.74, 6) is 0.690. The van der Waals surface area contributed by atoms with Crippen LogP contribution in [0.2, 0.25) is 0 Å². The standard InChI is InChI=1S/C42H28N4/c1-3-14-29(15-4-1)35-28-36(30-16-5-2-6-17-30)44-42(43-35)32-19-13-20-33(26-32)45-38-23-10-8-21-34(38)41-27-31-18-7-9-22-37(31)46(41)40-25-12-11-24-39(40)45/h1-28H. The summed E-state index contributed by atoms with van der Waals surface area (Å²) in [4.78, 5) is 12.6. The minimum Gasteiger partial charge on any atom is -0.308 e.